The normalized spacial score (nSPS) is 12.7. The topological polar surface area (TPSA) is 141 Å². The van der Waals surface area contributed by atoms with Crippen LogP contribution < -0.4 is 10.3 Å². The van der Waals surface area contributed by atoms with Crippen LogP contribution in [0.25, 0.3) is 10.8 Å². The molecule has 2 aromatic rings. The first kappa shape index (κ1) is 13.7. The molecule has 9 heteroatoms. The van der Waals surface area contributed by atoms with Crippen molar-refractivity contribution in [3.63, 3.8) is 0 Å². The Kier molecular flexibility index (Phi) is 3.01. The van der Waals surface area contributed by atoms with Crippen LogP contribution in [0.1, 0.15) is 0 Å². The number of hydrogen-bond acceptors (Lipinski definition) is 5. The van der Waals surface area contributed by atoms with E-state index in [0.29, 0.717) is 5.39 Å². The van der Waals surface area contributed by atoms with E-state index < -0.39 is 35.6 Å². The lowest BCUT2D eigenvalue weighted by Gasteiger charge is -2.11. The van der Waals surface area contributed by atoms with Gasteiger partial charge in [0.1, 0.15) is 15.5 Å². The number of sulfonamides is 2. The van der Waals surface area contributed by atoms with Crippen molar-refractivity contribution in [1.82, 2.24) is 0 Å². The van der Waals surface area contributed by atoms with Crippen molar-refractivity contribution in [3.8, 4) is 5.75 Å². The fourth-order valence-electron chi connectivity index (χ4n) is 1.84. The molecule has 0 unspecified atom stereocenters. The lowest BCUT2D eigenvalue weighted by atomic mass is 10.1. The molecule has 7 nitrogen and oxygen atoms in total. The Balaban J connectivity index is 3.18. The van der Waals surface area contributed by atoms with Crippen molar-refractivity contribution in [2.75, 3.05) is 0 Å². The Morgan fingerprint density at radius 2 is 1.42 bits per heavy atom. The third-order valence-electron chi connectivity index (χ3n) is 2.51. The Morgan fingerprint density at radius 3 is 1.95 bits per heavy atom. The Labute approximate surface area is 109 Å². The summed E-state index contributed by atoms with van der Waals surface area (Å²) in [7, 11) is -8.83. The van der Waals surface area contributed by atoms with E-state index in [1.165, 1.54) is 18.2 Å². The average Bonchev–Trinajstić information content (AvgIpc) is 2.24. The molecule has 2 rings (SSSR count). The first-order valence-electron chi connectivity index (χ1n) is 4.92. The third kappa shape index (κ3) is 2.40. The molecule has 0 saturated heterocycles. The minimum atomic E-state index is -4.45. The van der Waals surface area contributed by atoms with Gasteiger partial charge in [0.15, 0.2) is 0 Å². The number of fused-ring (bicyclic) bond motifs is 1. The van der Waals surface area contributed by atoms with Crippen LogP contribution >= 0.6 is 0 Å². The van der Waals surface area contributed by atoms with Crippen molar-refractivity contribution in [2.45, 2.75) is 9.79 Å². The summed E-state index contributed by atoms with van der Waals surface area (Å²) in [5.41, 5.74) is 0. The van der Waals surface area contributed by atoms with Crippen molar-refractivity contribution in [1.29, 1.82) is 0 Å². The van der Waals surface area contributed by atoms with Gasteiger partial charge in [-0.15, -0.1) is 0 Å². The summed E-state index contributed by atoms with van der Waals surface area (Å²) in [6.45, 7) is 0. The molecule has 0 fully saturated rings. The molecule has 5 N–H and O–H groups in total. The van der Waals surface area contributed by atoms with Gasteiger partial charge in [0.2, 0.25) is 20.0 Å². The fourth-order valence-corrected chi connectivity index (χ4v) is 4.11. The molecule has 19 heavy (non-hydrogen) atoms. The molecule has 102 valence electrons. The van der Waals surface area contributed by atoms with E-state index in [-0.39, 0.29) is 5.39 Å². The number of benzene rings is 2. The maximum absolute atomic E-state index is 11.6. The zero-order valence-corrected chi connectivity index (χ0v) is 11.1. The van der Waals surface area contributed by atoms with Gasteiger partial charge in [-0.3, -0.25) is 0 Å². The van der Waals surface area contributed by atoms with Crippen molar-refractivity contribution < 1.29 is 21.9 Å². The number of phenolic OH excluding ortho intramolecular Hbond substituents is 1. The highest BCUT2D eigenvalue weighted by atomic mass is 32.2. The van der Waals surface area contributed by atoms with E-state index in [1.807, 2.05) is 0 Å². The van der Waals surface area contributed by atoms with Crippen LogP contribution in [0.3, 0.4) is 0 Å². The summed E-state index contributed by atoms with van der Waals surface area (Å²) in [5, 5.41) is 20.1. The van der Waals surface area contributed by atoms with Gasteiger partial charge in [-0.1, -0.05) is 24.3 Å². The van der Waals surface area contributed by atoms with Crippen LogP contribution in [0.15, 0.2) is 40.1 Å². The SMILES string of the molecule is NS(=O)(=O)c1c(O)cc2ccccc2c1S(N)(=O)=O. The molecular formula is C10H10N2O5S2. The zero-order valence-electron chi connectivity index (χ0n) is 9.44. The van der Waals surface area contributed by atoms with Crippen molar-refractivity contribution >= 4 is 30.8 Å². The zero-order chi connectivity index (χ0) is 14.4. The molecule has 0 radical (unpaired) electrons. The number of aromatic hydroxyl groups is 1. The van der Waals surface area contributed by atoms with E-state index in [2.05, 4.69) is 0 Å². The molecule has 2 aromatic carbocycles. The molecule has 0 saturated carbocycles. The maximum atomic E-state index is 11.6. The molecule has 0 amide bonds. The van der Waals surface area contributed by atoms with Crippen LogP contribution in [0, 0.1) is 0 Å². The minimum Gasteiger partial charge on any atom is -0.506 e. The van der Waals surface area contributed by atoms with Crippen LogP contribution in [-0.4, -0.2) is 21.9 Å². The minimum absolute atomic E-state index is 0.0758. The fraction of sp³-hybridized carbons (Fsp3) is 0. The smallest absolute Gasteiger partial charge is 0.243 e. The number of primary sulfonamides is 2. The maximum Gasteiger partial charge on any atom is 0.243 e. The summed E-state index contributed by atoms with van der Waals surface area (Å²) < 4.78 is 46.2. The molecular weight excluding hydrogens is 292 g/mol. The molecule has 0 aliphatic heterocycles. The Morgan fingerprint density at radius 1 is 0.895 bits per heavy atom. The number of hydrogen-bond donors (Lipinski definition) is 3. The predicted octanol–water partition coefficient (Wildman–Crippen LogP) is -0.160. The second kappa shape index (κ2) is 4.17. The average molecular weight is 302 g/mol. The monoisotopic (exact) mass is 302 g/mol. The number of nitrogens with two attached hydrogens (primary N) is 2. The summed E-state index contributed by atoms with van der Waals surface area (Å²) in [6, 6.07) is 7.12. The Hall–Kier alpha value is -1.68. The van der Waals surface area contributed by atoms with Gasteiger partial charge in [0.25, 0.3) is 0 Å². The lowest BCUT2D eigenvalue weighted by molar-refractivity contribution is 0.455. The molecule has 0 bridgehead atoms. The molecule has 0 atom stereocenters. The lowest BCUT2D eigenvalue weighted by Crippen LogP contribution is -2.21. The summed E-state index contributed by atoms with van der Waals surface area (Å²) >= 11 is 0. The van der Waals surface area contributed by atoms with Crippen molar-refractivity contribution in [3.05, 3.63) is 30.3 Å². The summed E-state index contributed by atoms with van der Waals surface area (Å²) in [5.74, 6) is -0.759. The van der Waals surface area contributed by atoms with Gasteiger partial charge in [0.05, 0.1) is 0 Å². The van der Waals surface area contributed by atoms with Gasteiger partial charge < -0.3 is 5.11 Å². The van der Waals surface area contributed by atoms with Gasteiger partial charge in [-0.2, -0.15) is 0 Å². The van der Waals surface area contributed by atoms with Crippen LogP contribution in [0.5, 0.6) is 5.75 Å². The molecule has 0 spiro atoms. The van der Waals surface area contributed by atoms with Crippen LogP contribution in [0.4, 0.5) is 0 Å². The molecule has 0 aliphatic rings. The Bertz CT molecular complexity index is 872. The number of phenols is 1. The van der Waals surface area contributed by atoms with E-state index in [0.717, 1.165) is 6.07 Å². The highest BCUT2D eigenvalue weighted by Crippen LogP contribution is 2.35. The molecule has 0 heterocycles. The summed E-state index contributed by atoms with van der Waals surface area (Å²) in [4.78, 5) is -1.60. The highest BCUT2D eigenvalue weighted by Gasteiger charge is 2.28. The first-order chi connectivity index (χ1) is 8.62. The number of rotatable bonds is 2. The van der Waals surface area contributed by atoms with Gasteiger partial charge in [-0.25, -0.2) is 27.1 Å². The second-order valence-corrected chi connectivity index (χ2v) is 6.86. The second-order valence-electron chi connectivity index (χ2n) is 3.87. The molecule has 0 aromatic heterocycles. The largest absolute Gasteiger partial charge is 0.506 e. The standard InChI is InChI=1S/C10H10N2O5S2/c11-18(14,15)9-7-4-2-1-3-6(7)5-8(13)10(9)19(12,16)17/h1-5,13H,(H2,11,14,15)(H2,12,16,17). The predicted molar refractivity (Wildman–Crippen MR) is 68.4 cm³/mol. The van der Waals surface area contributed by atoms with E-state index >= 15 is 0 Å². The summed E-state index contributed by atoms with van der Waals surface area (Å²) in [6.07, 6.45) is 0. The van der Waals surface area contributed by atoms with Gasteiger partial charge >= 0.3 is 0 Å². The van der Waals surface area contributed by atoms with Crippen LogP contribution in [0.2, 0.25) is 0 Å². The van der Waals surface area contributed by atoms with E-state index in [4.69, 9.17) is 10.3 Å². The van der Waals surface area contributed by atoms with Crippen LogP contribution in [-0.2, 0) is 20.0 Å². The molecule has 0 aliphatic carbocycles. The van der Waals surface area contributed by atoms with Gasteiger partial charge in [0, 0.05) is 5.39 Å². The highest BCUT2D eigenvalue weighted by molar-refractivity contribution is 7.92. The van der Waals surface area contributed by atoms with E-state index in [1.54, 1.807) is 6.07 Å². The van der Waals surface area contributed by atoms with E-state index in [9.17, 15) is 21.9 Å². The van der Waals surface area contributed by atoms with Crippen molar-refractivity contribution in [2.24, 2.45) is 10.3 Å². The first-order valence-corrected chi connectivity index (χ1v) is 8.02. The quantitative estimate of drug-likeness (QED) is 0.707. The van der Waals surface area contributed by atoms with Gasteiger partial charge in [-0.05, 0) is 11.5 Å². The third-order valence-corrected chi connectivity index (χ3v) is 4.61.